The van der Waals surface area contributed by atoms with E-state index in [2.05, 4.69) is 4.74 Å². The maximum Gasteiger partial charge on any atom is 0.343 e. The monoisotopic (exact) mass is 250 g/mol. The summed E-state index contributed by atoms with van der Waals surface area (Å²) in [5, 5.41) is 0. The largest absolute Gasteiger partial charge is 0.497 e. The molecule has 0 fully saturated rings. The third-order valence-electron chi connectivity index (χ3n) is 2.10. The summed E-state index contributed by atoms with van der Waals surface area (Å²) in [6, 6.07) is 6.45. The lowest BCUT2D eigenvalue weighted by molar-refractivity contribution is -0.135. The molecule has 5 nitrogen and oxygen atoms in total. The highest BCUT2D eigenvalue weighted by atomic mass is 16.5. The second-order valence-corrected chi connectivity index (χ2v) is 3.40. The molecule has 1 aromatic rings. The molecule has 0 aliphatic carbocycles. The zero-order chi connectivity index (χ0) is 13.5. The average molecular weight is 250 g/mol. The van der Waals surface area contributed by atoms with Crippen LogP contribution in [0.3, 0.4) is 0 Å². The van der Waals surface area contributed by atoms with E-state index in [0.717, 1.165) is 6.08 Å². The van der Waals surface area contributed by atoms with Gasteiger partial charge in [-0.25, -0.2) is 9.59 Å². The minimum absolute atomic E-state index is 0.169. The third kappa shape index (κ3) is 3.93. The summed E-state index contributed by atoms with van der Waals surface area (Å²) in [7, 11) is 2.79. The van der Waals surface area contributed by atoms with Gasteiger partial charge in [0.2, 0.25) is 0 Å². The minimum Gasteiger partial charge on any atom is -0.497 e. The first kappa shape index (κ1) is 13.8. The molecule has 0 unspecified atom stereocenters. The summed E-state index contributed by atoms with van der Waals surface area (Å²) in [5.74, 6) is -0.304. The number of ether oxygens (including phenoxy) is 3. The molecule has 1 aromatic carbocycles. The van der Waals surface area contributed by atoms with Crippen LogP contribution in [0.5, 0.6) is 5.75 Å². The van der Waals surface area contributed by atoms with Gasteiger partial charge in [0, 0.05) is 0 Å². The Hall–Kier alpha value is -2.30. The van der Waals surface area contributed by atoms with Crippen LogP contribution in [0.1, 0.15) is 17.3 Å². The zero-order valence-corrected chi connectivity index (χ0v) is 10.4. The first-order valence-corrected chi connectivity index (χ1v) is 5.19. The van der Waals surface area contributed by atoms with Crippen LogP contribution in [0.4, 0.5) is 0 Å². The van der Waals surface area contributed by atoms with Gasteiger partial charge in [-0.1, -0.05) is 0 Å². The van der Waals surface area contributed by atoms with Crippen molar-refractivity contribution >= 4 is 11.9 Å². The summed E-state index contributed by atoms with van der Waals surface area (Å²) in [5.41, 5.74) is 0.369. The maximum atomic E-state index is 11.7. The lowest BCUT2D eigenvalue weighted by Crippen LogP contribution is -2.05. The van der Waals surface area contributed by atoms with Crippen LogP contribution in [0.15, 0.2) is 36.1 Å². The van der Waals surface area contributed by atoms with E-state index in [-0.39, 0.29) is 5.76 Å². The number of esters is 2. The second kappa shape index (κ2) is 6.44. The van der Waals surface area contributed by atoms with Gasteiger partial charge in [0.25, 0.3) is 0 Å². The van der Waals surface area contributed by atoms with E-state index >= 15 is 0 Å². The number of hydrogen-bond acceptors (Lipinski definition) is 5. The van der Waals surface area contributed by atoms with Gasteiger partial charge < -0.3 is 14.2 Å². The molecule has 0 saturated heterocycles. The second-order valence-electron chi connectivity index (χ2n) is 3.40. The summed E-state index contributed by atoms with van der Waals surface area (Å²) < 4.78 is 14.4. The van der Waals surface area contributed by atoms with Crippen molar-refractivity contribution < 1.29 is 23.8 Å². The van der Waals surface area contributed by atoms with Crippen LogP contribution in [0.2, 0.25) is 0 Å². The Labute approximate surface area is 105 Å². The van der Waals surface area contributed by atoms with Crippen LogP contribution in [-0.4, -0.2) is 26.2 Å². The Bertz CT molecular complexity index is 459. The van der Waals surface area contributed by atoms with E-state index in [9.17, 15) is 9.59 Å². The molecule has 0 aliphatic rings. The zero-order valence-electron chi connectivity index (χ0n) is 10.4. The minimum atomic E-state index is -0.574. The Kier molecular flexibility index (Phi) is 4.92. The Morgan fingerprint density at radius 1 is 1.11 bits per heavy atom. The highest BCUT2D eigenvalue weighted by Gasteiger charge is 2.09. The van der Waals surface area contributed by atoms with E-state index < -0.39 is 11.9 Å². The van der Waals surface area contributed by atoms with Gasteiger partial charge in [0.1, 0.15) is 11.5 Å². The predicted molar refractivity (Wildman–Crippen MR) is 64.2 cm³/mol. The highest BCUT2D eigenvalue weighted by Crippen LogP contribution is 2.13. The summed E-state index contributed by atoms with van der Waals surface area (Å²) in [4.78, 5) is 22.6. The molecule has 0 aliphatic heterocycles. The van der Waals surface area contributed by atoms with Gasteiger partial charge >= 0.3 is 11.9 Å². The molecule has 0 atom stereocenters. The molecule has 5 heteroatoms. The van der Waals surface area contributed by atoms with E-state index in [1.807, 2.05) is 0 Å². The number of carbonyl (C=O) groups is 2. The van der Waals surface area contributed by atoms with E-state index in [1.54, 1.807) is 24.3 Å². The summed E-state index contributed by atoms with van der Waals surface area (Å²) in [6.07, 6.45) is 1.10. The van der Waals surface area contributed by atoms with Gasteiger partial charge in [-0.15, -0.1) is 0 Å². The summed E-state index contributed by atoms with van der Waals surface area (Å²) >= 11 is 0. The molecule has 0 bridgehead atoms. The van der Waals surface area contributed by atoms with Crippen LogP contribution in [0.25, 0.3) is 0 Å². The number of rotatable bonds is 4. The molecule has 0 N–H and O–H groups in total. The number of methoxy groups -OCH3 is 2. The maximum absolute atomic E-state index is 11.7. The van der Waals surface area contributed by atoms with Crippen LogP contribution >= 0.6 is 0 Å². The van der Waals surface area contributed by atoms with Crippen LogP contribution in [0, 0.1) is 0 Å². The number of hydrogen-bond donors (Lipinski definition) is 0. The first-order valence-electron chi connectivity index (χ1n) is 5.19. The van der Waals surface area contributed by atoms with Gasteiger partial charge in [-0.05, 0) is 31.2 Å². The predicted octanol–water partition coefficient (Wildman–Crippen LogP) is 1.93. The van der Waals surface area contributed by atoms with Crippen molar-refractivity contribution in [1.29, 1.82) is 0 Å². The van der Waals surface area contributed by atoms with Crippen LogP contribution < -0.4 is 4.74 Å². The van der Waals surface area contributed by atoms with Crippen molar-refractivity contribution in [2.45, 2.75) is 6.92 Å². The molecule has 0 aromatic heterocycles. The van der Waals surface area contributed by atoms with Gasteiger partial charge in [-0.2, -0.15) is 0 Å². The quantitative estimate of drug-likeness (QED) is 0.464. The topological polar surface area (TPSA) is 61.8 Å². The lowest BCUT2D eigenvalue weighted by Gasteiger charge is -2.05. The van der Waals surface area contributed by atoms with Crippen molar-refractivity contribution in [1.82, 2.24) is 0 Å². The fourth-order valence-corrected chi connectivity index (χ4v) is 1.19. The molecule has 0 spiro atoms. The molecular formula is C13H14O5. The molecule has 0 amide bonds. The fourth-order valence-electron chi connectivity index (χ4n) is 1.19. The Morgan fingerprint density at radius 2 is 1.72 bits per heavy atom. The van der Waals surface area contributed by atoms with Gasteiger partial charge in [-0.3, -0.25) is 0 Å². The van der Waals surface area contributed by atoms with E-state index in [4.69, 9.17) is 9.47 Å². The third-order valence-corrected chi connectivity index (χ3v) is 2.10. The molecule has 0 heterocycles. The van der Waals surface area contributed by atoms with Crippen molar-refractivity contribution in [3.8, 4) is 5.75 Å². The summed E-state index contributed by atoms with van der Waals surface area (Å²) in [6.45, 7) is 1.50. The smallest absolute Gasteiger partial charge is 0.343 e. The van der Waals surface area contributed by atoms with Crippen molar-refractivity contribution in [3.05, 3.63) is 41.7 Å². The van der Waals surface area contributed by atoms with Gasteiger partial charge in [0.05, 0.1) is 25.9 Å². The lowest BCUT2D eigenvalue weighted by atomic mass is 10.2. The molecular weight excluding hydrogens is 236 g/mol. The first-order chi connectivity index (χ1) is 8.56. The number of allylic oxidation sites excluding steroid dienone is 1. The molecule has 0 radical (unpaired) electrons. The van der Waals surface area contributed by atoms with E-state index in [1.165, 1.54) is 21.1 Å². The average Bonchev–Trinajstić information content (AvgIpc) is 2.38. The highest BCUT2D eigenvalue weighted by molar-refractivity contribution is 5.91. The SMILES string of the molecule is COC(=O)/C=C(/C)OC(=O)c1ccc(OC)cc1. The standard InChI is InChI=1S/C13H14O5/c1-9(8-12(14)17-3)18-13(15)10-4-6-11(16-2)7-5-10/h4-8H,1-3H3/b9-8-. The van der Waals surface area contributed by atoms with Crippen molar-refractivity contribution in [2.75, 3.05) is 14.2 Å². The fraction of sp³-hybridized carbons (Fsp3) is 0.231. The Balaban J connectivity index is 2.70. The number of benzene rings is 1. The molecule has 18 heavy (non-hydrogen) atoms. The molecule has 0 saturated carbocycles. The normalized spacial score (nSPS) is 10.7. The molecule has 96 valence electrons. The number of carbonyl (C=O) groups excluding carboxylic acids is 2. The van der Waals surface area contributed by atoms with Gasteiger partial charge in [0.15, 0.2) is 0 Å². The Morgan fingerprint density at radius 3 is 2.22 bits per heavy atom. The molecule has 1 rings (SSSR count). The van der Waals surface area contributed by atoms with E-state index in [0.29, 0.717) is 11.3 Å². The van der Waals surface area contributed by atoms with Crippen LogP contribution in [-0.2, 0) is 14.3 Å². The van der Waals surface area contributed by atoms with Crippen molar-refractivity contribution in [2.24, 2.45) is 0 Å². The van der Waals surface area contributed by atoms with Crippen molar-refractivity contribution in [3.63, 3.8) is 0 Å².